The molecule has 2 aromatic heterocycles. The monoisotopic (exact) mass is 324 g/mol. The minimum Gasteiger partial charge on any atom is -0.363 e. The highest BCUT2D eigenvalue weighted by molar-refractivity contribution is 5.99. The zero-order chi connectivity index (χ0) is 16.7. The summed E-state index contributed by atoms with van der Waals surface area (Å²) in [6.07, 6.45) is 0.934. The molecule has 6 nitrogen and oxygen atoms in total. The minimum absolute atomic E-state index is 0.00768. The van der Waals surface area contributed by atoms with Gasteiger partial charge in [0.2, 0.25) is 0 Å². The fraction of sp³-hybridized carbons (Fsp3) is 0.333. The van der Waals surface area contributed by atoms with Gasteiger partial charge < -0.3 is 19.7 Å². The average molecular weight is 324 g/mol. The van der Waals surface area contributed by atoms with Crippen LogP contribution in [0.25, 0.3) is 10.9 Å². The number of hydrogen-bond acceptors (Lipinski definition) is 4. The van der Waals surface area contributed by atoms with E-state index in [9.17, 15) is 4.79 Å². The highest BCUT2D eigenvalue weighted by Crippen LogP contribution is 2.28. The fourth-order valence-corrected chi connectivity index (χ4v) is 3.28. The van der Waals surface area contributed by atoms with Crippen molar-refractivity contribution in [3.05, 3.63) is 47.3 Å². The summed E-state index contributed by atoms with van der Waals surface area (Å²) in [4.78, 5) is 12.3. The third kappa shape index (κ3) is 2.54. The Kier molecular flexibility index (Phi) is 3.52. The summed E-state index contributed by atoms with van der Waals surface area (Å²) < 4.78 is 7.22. The summed E-state index contributed by atoms with van der Waals surface area (Å²) in [5, 5.41) is 11.3. The molecule has 3 aromatic rings. The lowest BCUT2D eigenvalue weighted by atomic mass is 10.1. The summed E-state index contributed by atoms with van der Waals surface area (Å²) in [7, 11) is 0. The highest BCUT2D eigenvalue weighted by atomic mass is 16.5. The quantitative estimate of drug-likeness (QED) is 0.776. The van der Waals surface area contributed by atoms with Crippen molar-refractivity contribution in [1.82, 2.24) is 15.0 Å². The molecule has 1 amide bonds. The first-order valence-electron chi connectivity index (χ1n) is 8.21. The number of aromatic nitrogens is 2. The first-order chi connectivity index (χ1) is 11.6. The zero-order valence-electron chi connectivity index (χ0n) is 13.8. The Morgan fingerprint density at radius 1 is 1.38 bits per heavy atom. The van der Waals surface area contributed by atoms with E-state index >= 15 is 0 Å². The molecular formula is C18H20N4O2. The van der Waals surface area contributed by atoms with Crippen LogP contribution in [0.1, 0.15) is 41.2 Å². The molecule has 24 heavy (non-hydrogen) atoms. The number of anilines is 1. The number of benzene rings is 1. The number of carbonyl (C=O) groups is 1. The Bertz CT molecular complexity index is 909. The Balaban J connectivity index is 1.68. The molecule has 0 radical (unpaired) electrons. The van der Waals surface area contributed by atoms with E-state index in [1.807, 2.05) is 19.1 Å². The Morgan fingerprint density at radius 2 is 2.25 bits per heavy atom. The summed E-state index contributed by atoms with van der Waals surface area (Å²) in [6.45, 7) is 5.40. The van der Waals surface area contributed by atoms with E-state index < -0.39 is 0 Å². The fourth-order valence-electron chi connectivity index (χ4n) is 3.28. The van der Waals surface area contributed by atoms with Crippen LogP contribution < -0.4 is 10.6 Å². The van der Waals surface area contributed by atoms with Crippen molar-refractivity contribution in [3.63, 3.8) is 0 Å². The molecule has 1 aliphatic rings. The van der Waals surface area contributed by atoms with Gasteiger partial charge in [-0.15, -0.1) is 0 Å². The van der Waals surface area contributed by atoms with Crippen LogP contribution in [0.5, 0.6) is 0 Å². The van der Waals surface area contributed by atoms with E-state index in [-0.39, 0.29) is 11.9 Å². The van der Waals surface area contributed by atoms with Crippen LogP contribution in [-0.2, 0) is 6.54 Å². The predicted octanol–water partition coefficient (Wildman–Crippen LogP) is 3.24. The highest BCUT2D eigenvalue weighted by Gasteiger charge is 2.22. The lowest BCUT2D eigenvalue weighted by molar-refractivity contribution is 0.0951. The van der Waals surface area contributed by atoms with Gasteiger partial charge in [-0.3, -0.25) is 4.79 Å². The third-order valence-corrected chi connectivity index (χ3v) is 4.53. The van der Waals surface area contributed by atoms with Crippen molar-refractivity contribution < 1.29 is 9.32 Å². The van der Waals surface area contributed by atoms with Gasteiger partial charge in [0.05, 0.1) is 0 Å². The molecule has 0 spiro atoms. The molecule has 1 unspecified atom stereocenters. The largest absolute Gasteiger partial charge is 0.363 e. The molecule has 0 aliphatic carbocycles. The maximum absolute atomic E-state index is 12.3. The standard InChI is InChI=1S/C18H20N4O2/c1-11-5-6-19-18(23)16-9-14-4-3-13(8-15(14)22(11)16)10-20-17-7-12(2)24-21-17/h3-4,7-9,11H,5-6,10H2,1-2H3,(H,19,23)(H,20,21). The van der Waals surface area contributed by atoms with E-state index in [1.165, 1.54) is 0 Å². The van der Waals surface area contributed by atoms with Crippen LogP contribution in [0.4, 0.5) is 5.82 Å². The predicted molar refractivity (Wildman–Crippen MR) is 92.2 cm³/mol. The van der Waals surface area contributed by atoms with E-state index in [0.717, 1.165) is 46.7 Å². The first-order valence-corrected chi connectivity index (χ1v) is 8.21. The van der Waals surface area contributed by atoms with Crippen molar-refractivity contribution in [2.75, 3.05) is 11.9 Å². The number of nitrogens with one attached hydrogen (secondary N) is 2. The van der Waals surface area contributed by atoms with Gasteiger partial charge >= 0.3 is 0 Å². The van der Waals surface area contributed by atoms with Crippen LogP contribution in [0, 0.1) is 6.92 Å². The number of amides is 1. The van der Waals surface area contributed by atoms with Crippen LogP contribution in [-0.4, -0.2) is 22.2 Å². The molecule has 1 aliphatic heterocycles. The van der Waals surface area contributed by atoms with E-state index in [2.05, 4.69) is 45.5 Å². The number of fused-ring (bicyclic) bond motifs is 3. The van der Waals surface area contributed by atoms with Gasteiger partial charge in [0.15, 0.2) is 5.82 Å². The number of carbonyl (C=O) groups excluding carboxylic acids is 1. The Hall–Kier alpha value is -2.76. The summed E-state index contributed by atoms with van der Waals surface area (Å²) in [6, 6.07) is 10.4. The van der Waals surface area contributed by atoms with Crippen LogP contribution in [0.15, 0.2) is 34.9 Å². The van der Waals surface area contributed by atoms with Crippen molar-refractivity contribution in [2.45, 2.75) is 32.9 Å². The van der Waals surface area contributed by atoms with Gasteiger partial charge in [-0.2, -0.15) is 0 Å². The van der Waals surface area contributed by atoms with Gasteiger partial charge in [-0.1, -0.05) is 17.3 Å². The van der Waals surface area contributed by atoms with Crippen LogP contribution in [0.3, 0.4) is 0 Å². The lowest BCUT2D eigenvalue weighted by Crippen LogP contribution is -2.22. The topological polar surface area (TPSA) is 72.1 Å². The van der Waals surface area contributed by atoms with E-state index in [4.69, 9.17) is 4.52 Å². The molecule has 3 heterocycles. The van der Waals surface area contributed by atoms with Crippen LogP contribution >= 0.6 is 0 Å². The summed E-state index contributed by atoms with van der Waals surface area (Å²) >= 11 is 0. The Morgan fingerprint density at radius 3 is 3.04 bits per heavy atom. The van der Waals surface area contributed by atoms with Crippen molar-refractivity contribution in [2.24, 2.45) is 0 Å². The summed E-state index contributed by atoms with van der Waals surface area (Å²) in [5.41, 5.74) is 2.98. The van der Waals surface area contributed by atoms with Gasteiger partial charge in [-0.25, -0.2) is 0 Å². The average Bonchev–Trinajstić information content (AvgIpc) is 3.12. The van der Waals surface area contributed by atoms with Gasteiger partial charge in [0, 0.05) is 36.1 Å². The van der Waals surface area contributed by atoms with Crippen molar-refractivity contribution in [3.8, 4) is 0 Å². The summed E-state index contributed by atoms with van der Waals surface area (Å²) in [5.74, 6) is 1.52. The second-order valence-electron chi connectivity index (χ2n) is 6.36. The van der Waals surface area contributed by atoms with Crippen LogP contribution in [0.2, 0.25) is 0 Å². The molecule has 6 heteroatoms. The van der Waals surface area contributed by atoms with E-state index in [0.29, 0.717) is 6.54 Å². The lowest BCUT2D eigenvalue weighted by Gasteiger charge is -2.14. The third-order valence-electron chi connectivity index (χ3n) is 4.53. The maximum Gasteiger partial charge on any atom is 0.267 e. The molecule has 0 saturated carbocycles. The van der Waals surface area contributed by atoms with Gasteiger partial charge in [0.1, 0.15) is 11.5 Å². The number of hydrogen-bond donors (Lipinski definition) is 2. The Labute approximate surface area is 139 Å². The molecule has 4 rings (SSSR count). The molecule has 1 atom stereocenters. The molecule has 0 bridgehead atoms. The molecular weight excluding hydrogens is 304 g/mol. The van der Waals surface area contributed by atoms with Crippen molar-refractivity contribution >= 4 is 22.6 Å². The SMILES string of the molecule is Cc1cc(NCc2ccc3cc4n(c3c2)C(C)CCNC4=O)no1. The first kappa shape index (κ1) is 14.8. The smallest absolute Gasteiger partial charge is 0.267 e. The number of nitrogens with zero attached hydrogens (tertiary/aromatic N) is 2. The maximum atomic E-state index is 12.3. The second kappa shape index (κ2) is 5.70. The minimum atomic E-state index is 0.00768. The molecule has 1 aromatic carbocycles. The zero-order valence-corrected chi connectivity index (χ0v) is 13.8. The normalized spacial score (nSPS) is 17.4. The molecule has 0 saturated heterocycles. The molecule has 2 N–H and O–H groups in total. The van der Waals surface area contributed by atoms with E-state index in [1.54, 1.807) is 0 Å². The molecule has 0 fully saturated rings. The number of rotatable bonds is 3. The molecule has 124 valence electrons. The van der Waals surface area contributed by atoms with Gasteiger partial charge in [0.25, 0.3) is 5.91 Å². The van der Waals surface area contributed by atoms with Gasteiger partial charge in [-0.05, 0) is 38.0 Å². The second-order valence-corrected chi connectivity index (χ2v) is 6.36. The van der Waals surface area contributed by atoms with Crippen molar-refractivity contribution in [1.29, 1.82) is 0 Å². The number of aryl methyl sites for hydroxylation is 1.